The normalized spacial score (nSPS) is 11.0. The van der Waals surface area contributed by atoms with Crippen molar-refractivity contribution in [2.24, 2.45) is 5.92 Å². The lowest BCUT2D eigenvalue weighted by atomic mass is 10.1. The van der Waals surface area contributed by atoms with E-state index in [-0.39, 0.29) is 5.91 Å². The average Bonchev–Trinajstić information content (AvgIpc) is 3.10. The molecule has 1 heterocycles. The predicted octanol–water partition coefficient (Wildman–Crippen LogP) is 4.11. The molecule has 0 aliphatic carbocycles. The van der Waals surface area contributed by atoms with Gasteiger partial charge in [0.05, 0.1) is 5.75 Å². The number of nitrogens with one attached hydrogen (secondary N) is 1. The number of amides is 1. The van der Waals surface area contributed by atoms with Gasteiger partial charge >= 0.3 is 0 Å². The highest BCUT2D eigenvalue weighted by Gasteiger charge is 2.16. The first kappa shape index (κ1) is 20.1. The molecule has 0 saturated carbocycles. The molecule has 3 aromatic rings. The topological polar surface area (TPSA) is 59.8 Å². The minimum Gasteiger partial charge on any atom is -0.355 e. The van der Waals surface area contributed by atoms with E-state index in [1.165, 1.54) is 17.3 Å². The van der Waals surface area contributed by atoms with Gasteiger partial charge in [0, 0.05) is 18.7 Å². The van der Waals surface area contributed by atoms with Crippen molar-refractivity contribution in [1.29, 1.82) is 0 Å². The number of rotatable bonds is 9. The van der Waals surface area contributed by atoms with Gasteiger partial charge in [-0.3, -0.25) is 9.36 Å². The number of para-hydroxylation sites is 1. The Morgan fingerprint density at radius 2 is 1.71 bits per heavy atom. The van der Waals surface area contributed by atoms with Crippen LogP contribution in [0.4, 0.5) is 0 Å². The highest BCUT2D eigenvalue weighted by molar-refractivity contribution is 7.99. The van der Waals surface area contributed by atoms with Gasteiger partial charge in [0.25, 0.3) is 0 Å². The van der Waals surface area contributed by atoms with Crippen molar-refractivity contribution in [2.45, 2.75) is 31.8 Å². The largest absolute Gasteiger partial charge is 0.355 e. The first-order chi connectivity index (χ1) is 13.6. The Bertz CT molecular complexity index is 878. The van der Waals surface area contributed by atoms with Gasteiger partial charge in [0.1, 0.15) is 5.82 Å². The zero-order chi connectivity index (χ0) is 19.8. The number of carbonyl (C=O) groups excluding carboxylic acids is 1. The number of nitrogens with zero attached hydrogens (tertiary/aromatic N) is 3. The highest BCUT2D eigenvalue weighted by atomic mass is 32.2. The van der Waals surface area contributed by atoms with Gasteiger partial charge in [-0.25, -0.2) is 0 Å². The Labute approximate surface area is 170 Å². The molecule has 5 nitrogen and oxygen atoms in total. The van der Waals surface area contributed by atoms with Crippen LogP contribution in [0.25, 0.3) is 5.69 Å². The van der Waals surface area contributed by atoms with E-state index in [1.807, 2.05) is 53.1 Å². The van der Waals surface area contributed by atoms with Crippen LogP contribution in [-0.4, -0.2) is 33.0 Å². The molecule has 3 rings (SSSR count). The Hall–Kier alpha value is -2.60. The van der Waals surface area contributed by atoms with Gasteiger partial charge in [0.2, 0.25) is 5.91 Å². The minimum atomic E-state index is 0.0258. The summed E-state index contributed by atoms with van der Waals surface area (Å²) in [7, 11) is 0. The van der Waals surface area contributed by atoms with Crippen molar-refractivity contribution in [3.8, 4) is 5.69 Å². The van der Waals surface area contributed by atoms with Crippen LogP contribution in [0, 0.1) is 5.92 Å². The second kappa shape index (κ2) is 10.1. The standard InChI is InChI=1S/C22H26N4OS/c1-17(2)13-14-23-21(27)16-28-22-25-24-20(15-18-9-5-3-6-10-18)26(22)19-11-7-4-8-12-19/h3-12,17H,13-16H2,1-2H3,(H,23,27). The van der Waals surface area contributed by atoms with Crippen LogP contribution in [0.5, 0.6) is 0 Å². The SMILES string of the molecule is CC(C)CCNC(=O)CSc1nnc(Cc2ccccc2)n1-c1ccccc1. The summed E-state index contributed by atoms with van der Waals surface area (Å²) in [5, 5.41) is 12.5. The summed E-state index contributed by atoms with van der Waals surface area (Å²) in [5.41, 5.74) is 2.18. The van der Waals surface area contributed by atoms with Gasteiger partial charge < -0.3 is 5.32 Å². The molecule has 146 valence electrons. The second-order valence-corrected chi connectivity index (χ2v) is 8.00. The van der Waals surface area contributed by atoms with Crippen LogP contribution in [0.1, 0.15) is 31.7 Å². The third-order valence-electron chi connectivity index (χ3n) is 4.30. The Morgan fingerprint density at radius 3 is 2.39 bits per heavy atom. The number of aromatic nitrogens is 3. The maximum Gasteiger partial charge on any atom is 0.230 e. The number of hydrogen-bond acceptors (Lipinski definition) is 4. The Kier molecular flexibility index (Phi) is 7.25. The molecule has 1 amide bonds. The van der Waals surface area contributed by atoms with Gasteiger partial charge in [-0.15, -0.1) is 10.2 Å². The Balaban J connectivity index is 1.75. The van der Waals surface area contributed by atoms with E-state index in [9.17, 15) is 4.79 Å². The van der Waals surface area contributed by atoms with Crippen molar-refractivity contribution in [1.82, 2.24) is 20.1 Å². The molecule has 0 spiro atoms. The summed E-state index contributed by atoms with van der Waals surface area (Å²) < 4.78 is 2.04. The van der Waals surface area contributed by atoms with Crippen LogP contribution in [0.2, 0.25) is 0 Å². The molecule has 0 saturated heterocycles. The summed E-state index contributed by atoms with van der Waals surface area (Å²) in [4.78, 5) is 12.2. The van der Waals surface area contributed by atoms with E-state index in [0.29, 0.717) is 24.6 Å². The fourth-order valence-corrected chi connectivity index (χ4v) is 3.61. The van der Waals surface area contributed by atoms with E-state index in [1.54, 1.807) is 0 Å². The van der Waals surface area contributed by atoms with Crippen molar-refractivity contribution < 1.29 is 4.79 Å². The molecule has 0 aliphatic heterocycles. The predicted molar refractivity (Wildman–Crippen MR) is 114 cm³/mol. The summed E-state index contributed by atoms with van der Waals surface area (Å²) >= 11 is 1.42. The van der Waals surface area contributed by atoms with E-state index in [2.05, 4.69) is 41.5 Å². The quantitative estimate of drug-likeness (QED) is 0.555. The van der Waals surface area contributed by atoms with Crippen LogP contribution in [-0.2, 0) is 11.2 Å². The molecule has 0 bridgehead atoms. The lowest BCUT2D eigenvalue weighted by Crippen LogP contribution is -2.27. The van der Waals surface area contributed by atoms with Crippen molar-refractivity contribution in [3.63, 3.8) is 0 Å². The number of hydrogen-bond donors (Lipinski definition) is 1. The van der Waals surface area contributed by atoms with E-state index >= 15 is 0 Å². The fourth-order valence-electron chi connectivity index (χ4n) is 2.80. The number of thioether (sulfide) groups is 1. The van der Waals surface area contributed by atoms with E-state index in [0.717, 1.165) is 23.1 Å². The Morgan fingerprint density at radius 1 is 1.04 bits per heavy atom. The average molecular weight is 395 g/mol. The molecule has 28 heavy (non-hydrogen) atoms. The first-order valence-electron chi connectivity index (χ1n) is 9.56. The summed E-state index contributed by atoms with van der Waals surface area (Å²) in [6.07, 6.45) is 1.67. The van der Waals surface area contributed by atoms with E-state index < -0.39 is 0 Å². The number of benzene rings is 2. The lowest BCUT2D eigenvalue weighted by molar-refractivity contribution is -0.118. The van der Waals surface area contributed by atoms with Crippen LogP contribution in [0.3, 0.4) is 0 Å². The van der Waals surface area contributed by atoms with Crippen molar-refractivity contribution in [3.05, 3.63) is 72.1 Å². The second-order valence-electron chi connectivity index (χ2n) is 7.05. The molecular weight excluding hydrogens is 368 g/mol. The van der Waals surface area contributed by atoms with Crippen molar-refractivity contribution >= 4 is 17.7 Å². The summed E-state index contributed by atoms with van der Waals surface area (Å²) in [5.74, 6) is 1.79. The zero-order valence-electron chi connectivity index (χ0n) is 16.3. The first-order valence-corrected chi connectivity index (χ1v) is 10.5. The lowest BCUT2D eigenvalue weighted by Gasteiger charge is -2.11. The third-order valence-corrected chi connectivity index (χ3v) is 5.23. The van der Waals surface area contributed by atoms with Crippen LogP contribution in [0.15, 0.2) is 65.8 Å². The molecule has 0 aliphatic rings. The fraction of sp³-hybridized carbons (Fsp3) is 0.318. The monoisotopic (exact) mass is 394 g/mol. The highest BCUT2D eigenvalue weighted by Crippen LogP contribution is 2.23. The maximum atomic E-state index is 12.2. The van der Waals surface area contributed by atoms with Gasteiger partial charge in [-0.2, -0.15) is 0 Å². The minimum absolute atomic E-state index is 0.0258. The van der Waals surface area contributed by atoms with Gasteiger partial charge in [-0.1, -0.05) is 74.1 Å². The maximum absolute atomic E-state index is 12.2. The zero-order valence-corrected chi connectivity index (χ0v) is 17.2. The van der Waals surface area contributed by atoms with E-state index in [4.69, 9.17) is 0 Å². The van der Waals surface area contributed by atoms with Gasteiger partial charge in [0.15, 0.2) is 5.16 Å². The molecule has 1 N–H and O–H groups in total. The molecule has 1 aromatic heterocycles. The number of carbonyl (C=O) groups is 1. The van der Waals surface area contributed by atoms with Crippen LogP contribution < -0.4 is 5.32 Å². The van der Waals surface area contributed by atoms with Crippen LogP contribution >= 0.6 is 11.8 Å². The molecule has 2 aromatic carbocycles. The molecule has 0 fully saturated rings. The third kappa shape index (κ3) is 5.70. The summed E-state index contributed by atoms with van der Waals surface area (Å²) in [6.45, 7) is 5.01. The molecule has 6 heteroatoms. The molecule has 0 unspecified atom stereocenters. The van der Waals surface area contributed by atoms with Gasteiger partial charge in [-0.05, 0) is 30.0 Å². The molecular formula is C22H26N4OS. The van der Waals surface area contributed by atoms with Crippen molar-refractivity contribution in [2.75, 3.05) is 12.3 Å². The molecule has 0 radical (unpaired) electrons. The molecule has 0 atom stereocenters. The summed E-state index contributed by atoms with van der Waals surface area (Å²) in [6, 6.07) is 20.3. The smallest absolute Gasteiger partial charge is 0.230 e.